The average molecular weight is 468 g/mol. The van der Waals surface area contributed by atoms with Gasteiger partial charge in [-0.3, -0.25) is 13.9 Å². The van der Waals surface area contributed by atoms with Crippen molar-refractivity contribution in [2.24, 2.45) is 0 Å². The molecular formula is C21H26ClN3O5S. The minimum atomic E-state index is -3.84. The number of rotatable bonds is 9. The van der Waals surface area contributed by atoms with Crippen LogP contribution in [0.4, 0.5) is 11.4 Å². The highest BCUT2D eigenvalue weighted by Crippen LogP contribution is 2.31. The maximum atomic E-state index is 13.0. The fourth-order valence-corrected chi connectivity index (χ4v) is 4.38. The Hall–Kier alpha value is -2.78. The van der Waals surface area contributed by atoms with E-state index in [0.29, 0.717) is 12.3 Å². The van der Waals surface area contributed by atoms with Gasteiger partial charge in [0.25, 0.3) is 5.91 Å². The van der Waals surface area contributed by atoms with Gasteiger partial charge in [0.2, 0.25) is 15.9 Å². The molecule has 2 aromatic rings. The summed E-state index contributed by atoms with van der Waals surface area (Å²) in [6.45, 7) is 3.88. The zero-order valence-electron chi connectivity index (χ0n) is 17.8. The van der Waals surface area contributed by atoms with Gasteiger partial charge < -0.3 is 15.4 Å². The first-order valence-corrected chi connectivity index (χ1v) is 11.8. The van der Waals surface area contributed by atoms with E-state index >= 15 is 0 Å². The van der Waals surface area contributed by atoms with Gasteiger partial charge in [-0.1, -0.05) is 30.7 Å². The molecule has 10 heteroatoms. The van der Waals surface area contributed by atoms with Crippen molar-refractivity contribution in [2.75, 3.05) is 29.5 Å². The summed E-state index contributed by atoms with van der Waals surface area (Å²) in [5.41, 5.74) is 0.786. The summed E-state index contributed by atoms with van der Waals surface area (Å²) in [5, 5.41) is 5.63. The number of para-hydroxylation sites is 1. The number of amides is 2. The number of anilines is 2. The van der Waals surface area contributed by atoms with E-state index in [1.807, 2.05) is 6.92 Å². The van der Waals surface area contributed by atoms with Crippen LogP contribution < -0.4 is 19.7 Å². The number of carbonyl (C=O) groups is 2. The number of carbonyl (C=O) groups excluding carboxylic acids is 2. The van der Waals surface area contributed by atoms with Crippen molar-refractivity contribution in [1.29, 1.82) is 0 Å². The molecule has 0 aliphatic carbocycles. The van der Waals surface area contributed by atoms with Crippen LogP contribution in [0.1, 0.15) is 30.6 Å². The quantitative estimate of drug-likeness (QED) is 0.588. The minimum Gasteiger partial charge on any atom is -0.495 e. The molecule has 0 aromatic heterocycles. The van der Waals surface area contributed by atoms with Crippen LogP contribution in [0, 0.1) is 0 Å². The van der Waals surface area contributed by atoms with Gasteiger partial charge >= 0.3 is 0 Å². The normalized spacial score (nSPS) is 12.0. The first-order chi connectivity index (χ1) is 14.6. The summed E-state index contributed by atoms with van der Waals surface area (Å²) in [4.78, 5) is 25.4. The van der Waals surface area contributed by atoms with Gasteiger partial charge in [0.1, 0.15) is 11.8 Å². The Morgan fingerprint density at radius 1 is 1.19 bits per heavy atom. The van der Waals surface area contributed by atoms with Crippen LogP contribution in [0.25, 0.3) is 0 Å². The molecule has 2 aromatic carbocycles. The second kappa shape index (κ2) is 10.5. The fourth-order valence-electron chi connectivity index (χ4n) is 2.96. The van der Waals surface area contributed by atoms with Crippen LogP contribution in [0.2, 0.25) is 5.02 Å². The van der Waals surface area contributed by atoms with Crippen LogP contribution in [0.3, 0.4) is 0 Å². The zero-order valence-corrected chi connectivity index (χ0v) is 19.4. The molecule has 0 bridgehead atoms. The molecule has 168 valence electrons. The Bertz CT molecular complexity index is 1060. The molecule has 8 nitrogen and oxygen atoms in total. The summed E-state index contributed by atoms with van der Waals surface area (Å²) in [7, 11) is -2.39. The lowest BCUT2D eigenvalue weighted by atomic mass is 10.1. The largest absolute Gasteiger partial charge is 0.495 e. The van der Waals surface area contributed by atoms with E-state index in [1.165, 1.54) is 32.2 Å². The van der Waals surface area contributed by atoms with E-state index in [2.05, 4.69) is 10.6 Å². The van der Waals surface area contributed by atoms with E-state index in [-0.39, 0.29) is 27.9 Å². The molecule has 2 N–H and O–H groups in total. The third kappa shape index (κ3) is 6.11. The van der Waals surface area contributed by atoms with Crippen molar-refractivity contribution in [3.8, 4) is 5.75 Å². The van der Waals surface area contributed by atoms with E-state index in [0.717, 1.165) is 17.0 Å². The number of nitrogens with zero attached hydrogens (tertiary/aromatic N) is 1. The lowest BCUT2D eigenvalue weighted by Gasteiger charge is -2.28. The molecule has 2 amide bonds. The van der Waals surface area contributed by atoms with Crippen molar-refractivity contribution < 1.29 is 22.7 Å². The highest BCUT2D eigenvalue weighted by Gasteiger charge is 2.30. The number of methoxy groups -OCH3 is 1. The molecule has 0 fully saturated rings. The second-order valence-electron chi connectivity index (χ2n) is 6.84. The predicted molar refractivity (Wildman–Crippen MR) is 122 cm³/mol. The Morgan fingerprint density at radius 3 is 2.45 bits per heavy atom. The third-order valence-corrected chi connectivity index (χ3v) is 5.98. The molecule has 2 rings (SSSR count). The molecule has 0 saturated heterocycles. The molecule has 0 radical (unpaired) electrons. The highest BCUT2D eigenvalue weighted by molar-refractivity contribution is 7.92. The molecule has 0 aliphatic heterocycles. The molecule has 31 heavy (non-hydrogen) atoms. The summed E-state index contributed by atoms with van der Waals surface area (Å²) in [6, 6.07) is 9.85. The van der Waals surface area contributed by atoms with Crippen LogP contribution in [-0.4, -0.2) is 46.2 Å². The SMILES string of the molecule is CCCNC(=O)c1ccccc1NC(=O)[C@H](C)N(c1ccc(OC)c(Cl)c1)S(C)(=O)=O. The summed E-state index contributed by atoms with van der Waals surface area (Å²) in [5.74, 6) is -0.552. The molecule has 0 spiro atoms. The molecular weight excluding hydrogens is 442 g/mol. The summed E-state index contributed by atoms with van der Waals surface area (Å²) >= 11 is 6.14. The summed E-state index contributed by atoms with van der Waals surface area (Å²) < 4.78 is 31.1. The molecule has 0 unspecified atom stereocenters. The zero-order chi connectivity index (χ0) is 23.2. The first-order valence-electron chi connectivity index (χ1n) is 9.61. The molecule has 0 saturated carbocycles. The topological polar surface area (TPSA) is 105 Å². The smallest absolute Gasteiger partial charge is 0.253 e. The van der Waals surface area contributed by atoms with Gasteiger partial charge in [0.15, 0.2) is 0 Å². The number of ether oxygens (including phenoxy) is 1. The highest BCUT2D eigenvalue weighted by atomic mass is 35.5. The lowest BCUT2D eigenvalue weighted by molar-refractivity contribution is -0.116. The van der Waals surface area contributed by atoms with Crippen molar-refractivity contribution >= 4 is 44.8 Å². The number of hydrogen-bond donors (Lipinski definition) is 2. The number of nitrogens with one attached hydrogen (secondary N) is 2. The van der Waals surface area contributed by atoms with E-state index < -0.39 is 22.0 Å². The van der Waals surface area contributed by atoms with Crippen molar-refractivity contribution in [1.82, 2.24) is 5.32 Å². The van der Waals surface area contributed by atoms with E-state index in [4.69, 9.17) is 16.3 Å². The standard InChI is InChI=1S/C21H26ClN3O5S/c1-5-12-23-21(27)16-8-6-7-9-18(16)24-20(26)14(2)25(31(4,28)29)15-10-11-19(30-3)17(22)13-15/h6-11,13-14H,5,12H2,1-4H3,(H,23,27)(H,24,26)/t14-/m0/s1. The maximum Gasteiger partial charge on any atom is 0.253 e. The third-order valence-electron chi connectivity index (χ3n) is 4.44. The van der Waals surface area contributed by atoms with Crippen LogP contribution in [-0.2, 0) is 14.8 Å². The van der Waals surface area contributed by atoms with Gasteiger partial charge in [-0.25, -0.2) is 8.42 Å². The summed E-state index contributed by atoms with van der Waals surface area (Å²) in [6.07, 6.45) is 1.77. The van der Waals surface area contributed by atoms with Gasteiger partial charge in [0.05, 0.1) is 35.3 Å². The lowest BCUT2D eigenvalue weighted by Crippen LogP contribution is -2.45. The van der Waals surface area contributed by atoms with Gasteiger partial charge in [-0.05, 0) is 43.7 Å². The maximum absolute atomic E-state index is 13.0. The van der Waals surface area contributed by atoms with Crippen molar-refractivity contribution in [3.05, 3.63) is 53.1 Å². The van der Waals surface area contributed by atoms with Crippen molar-refractivity contribution in [2.45, 2.75) is 26.3 Å². The Kier molecular flexibility index (Phi) is 8.29. The van der Waals surface area contributed by atoms with E-state index in [9.17, 15) is 18.0 Å². The number of benzene rings is 2. The van der Waals surface area contributed by atoms with Crippen LogP contribution in [0.5, 0.6) is 5.75 Å². The van der Waals surface area contributed by atoms with Gasteiger partial charge in [-0.15, -0.1) is 0 Å². The average Bonchev–Trinajstić information content (AvgIpc) is 2.71. The Labute approximate surface area is 187 Å². The number of hydrogen-bond acceptors (Lipinski definition) is 5. The first kappa shape index (κ1) is 24.5. The number of halogens is 1. The van der Waals surface area contributed by atoms with Crippen LogP contribution >= 0.6 is 11.6 Å². The Balaban J connectivity index is 2.34. The fraction of sp³-hybridized carbons (Fsp3) is 0.333. The van der Waals surface area contributed by atoms with Crippen molar-refractivity contribution in [3.63, 3.8) is 0 Å². The second-order valence-corrected chi connectivity index (χ2v) is 9.11. The monoisotopic (exact) mass is 467 g/mol. The molecule has 1 atom stereocenters. The van der Waals surface area contributed by atoms with E-state index in [1.54, 1.807) is 24.3 Å². The van der Waals surface area contributed by atoms with Gasteiger partial charge in [-0.2, -0.15) is 0 Å². The predicted octanol–water partition coefficient (Wildman–Crippen LogP) is 3.28. The minimum absolute atomic E-state index is 0.208. The molecule has 0 heterocycles. The Morgan fingerprint density at radius 2 is 1.87 bits per heavy atom. The van der Waals surface area contributed by atoms with Gasteiger partial charge in [0, 0.05) is 6.54 Å². The molecule has 0 aliphatic rings. The number of sulfonamides is 1. The van der Waals surface area contributed by atoms with Crippen LogP contribution in [0.15, 0.2) is 42.5 Å².